The molecule has 0 radical (unpaired) electrons. The maximum Gasteiger partial charge on any atom is 0.154 e. The van der Waals surface area contributed by atoms with Crippen LogP contribution in [0.25, 0.3) is 0 Å². The van der Waals surface area contributed by atoms with Crippen LogP contribution in [0.4, 0.5) is 0 Å². The highest BCUT2D eigenvalue weighted by Crippen LogP contribution is 2.46. The predicted octanol–water partition coefficient (Wildman–Crippen LogP) is 4.14. The Bertz CT molecular complexity index is 373. The van der Waals surface area contributed by atoms with Gasteiger partial charge in [-0.15, -0.1) is 0 Å². The summed E-state index contributed by atoms with van der Waals surface area (Å²) in [5.41, 5.74) is 1.19. The van der Waals surface area contributed by atoms with E-state index in [4.69, 9.17) is 4.74 Å². The van der Waals surface area contributed by atoms with Crippen LogP contribution in [0.3, 0.4) is 0 Å². The van der Waals surface area contributed by atoms with Crippen LogP contribution >= 0.6 is 0 Å². The molecule has 0 heterocycles. The lowest BCUT2D eigenvalue weighted by Gasteiger charge is -2.44. The number of rotatable bonds is 5. The van der Waals surface area contributed by atoms with Crippen molar-refractivity contribution in [2.24, 2.45) is 22.7 Å². The Morgan fingerprint density at radius 2 is 1.82 bits per heavy atom. The summed E-state index contributed by atoms with van der Waals surface area (Å²) in [5.74, 6) is 0.651. The number of hydrogen-bond donors (Lipinski definition) is 2. The molecule has 0 aromatic rings. The van der Waals surface area contributed by atoms with E-state index in [1.165, 1.54) is 0 Å². The van der Waals surface area contributed by atoms with Crippen molar-refractivity contribution in [3.05, 3.63) is 11.6 Å². The molecule has 0 bridgehead atoms. The second kappa shape index (κ2) is 7.46. The molecule has 4 atom stereocenters. The Kier molecular flexibility index (Phi) is 6.67. The van der Waals surface area contributed by atoms with Gasteiger partial charge in [-0.05, 0) is 54.4 Å². The number of aliphatic hydroxyl groups is 2. The molecule has 130 valence electrons. The highest BCUT2D eigenvalue weighted by atomic mass is 16.6. The van der Waals surface area contributed by atoms with Gasteiger partial charge in [-0.25, -0.2) is 0 Å². The van der Waals surface area contributed by atoms with Crippen molar-refractivity contribution in [1.29, 1.82) is 0 Å². The number of hydrogen-bond acceptors (Lipinski definition) is 3. The first-order valence-corrected chi connectivity index (χ1v) is 8.66. The molecule has 0 amide bonds. The van der Waals surface area contributed by atoms with E-state index in [1.54, 1.807) is 0 Å². The molecule has 0 spiro atoms. The Morgan fingerprint density at radius 3 is 2.27 bits per heavy atom. The average molecular weight is 312 g/mol. The fraction of sp³-hybridized carbons (Fsp3) is 0.895. The molecule has 0 saturated carbocycles. The van der Waals surface area contributed by atoms with Crippen molar-refractivity contribution >= 4 is 0 Å². The lowest BCUT2D eigenvalue weighted by atomic mass is 9.63. The third kappa shape index (κ3) is 5.36. The second-order valence-corrected chi connectivity index (χ2v) is 8.77. The lowest BCUT2D eigenvalue weighted by molar-refractivity contribution is -0.101. The molecule has 0 aromatic heterocycles. The van der Waals surface area contributed by atoms with E-state index in [0.29, 0.717) is 18.9 Å². The van der Waals surface area contributed by atoms with E-state index in [2.05, 4.69) is 47.6 Å². The van der Waals surface area contributed by atoms with Crippen LogP contribution < -0.4 is 0 Å². The first kappa shape index (κ1) is 19.7. The number of ether oxygens (including phenoxy) is 1. The van der Waals surface area contributed by atoms with Gasteiger partial charge in [0.05, 0.1) is 6.10 Å². The van der Waals surface area contributed by atoms with Gasteiger partial charge in [0.2, 0.25) is 0 Å². The van der Waals surface area contributed by atoms with E-state index < -0.39 is 6.29 Å². The molecule has 1 aliphatic rings. The lowest BCUT2D eigenvalue weighted by Crippen LogP contribution is -2.41. The second-order valence-electron chi connectivity index (χ2n) is 8.77. The van der Waals surface area contributed by atoms with Gasteiger partial charge in [-0.2, -0.15) is 0 Å². The molecule has 3 nitrogen and oxygen atoms in total. The molecule has 0 saturated heterocycles. The smallest absolute Gasteiger partial charge is 0.154 e. The standard InChI is InChI=1S/C19H36O3/c1-8-22-16(20)10-9-13-11-14(18(2,3)4)17(21)15(12-13)19(5,6)7/h11,13,15-17,20-21H,8-10,12H2,1-7H3. The summed E-state index contributed by atoms with van der Waals surface area (Å²) in [5, 5.41) is 20.6. The fourth-order valence-corrected chi connectivity index (χ4v) is 3.45. The Balaban J connectivity index is 2.90. The fourth-order valence-electron chi connectivity index (χ4n) is 3.45. The maximum atomic E-state index is 10.8. The Labute approximate surface area is 136 Å². The van der Waals surface area contributed by atoms with Crippen molar-refractivity contribution in [3.63, 3.8) is 0 Å². The summed E-state index contributed by atoms with van der Waals surface area (Å²) in [6.07, 6.45) is 3.75. The monoisotopic (exact) mass is 312 g/mol. The minimum Gasteiger partial charge on any atom is -0.388 e. The molecule has 22 heavy (non-hydrogen) atoms. The normalized spacial score (nSPS) is 28.4. The van der Waals surface area contributed by atoms with E-state index in [0.717, 1.165) is 18.4 Å². The van der Waals surface area contributed by atoms with Gasteiger partial charge in [-0.3, -0.25) is 0 Å². The van der Waals surface area contributed by atoms with Gasteiger partial charge in [0.1, 0.15) is 0 Å². The molecule has 3 heteroatoms. The van der Waals surface area contributed by atoms with Crippen LogP contribution in [0.15, 0.2) is 11.6 Å². The summed E-state index contributed by atoms with van der Waals surface area (Å²) >= 11 is 0. The molecule has 1 rings (SSSR count). The third-order valence-electron chi connectivity index (χ3n) is 4.79. The zero-order valence-electron chi connectivity index (χ0n) is 15.5. The third-order valence-corrected chi connectivity index (χ3v) is 4.79. The summed E-state index contributed by atoms with van der Waals surface area (Å²) in [7, 11) is 0. The maximum absolute atomic E-state index is 10.8. The molecule has 1 aliphatic carbocycles. The topological polar surface area (TPSA) is 49.7 Å². The SMILES string of the molecule is CCOC(O)CCC1C=C(C(C)(C)C)C(O)C(C(C)(C)C)C1. The van der Waals surface area contributed by atoms with Crippen LogP contribution in [0.1, 0.15) is 67.7 Å². The van der Waals surface area contributed by atoms with Gasteiger partial charge < -0.3 is 14.9 Å². The van der Waals surface area contributed by atoms with Crippen molar-refractivity contribution in [1.82, 2.24) is 0 Å². The van der Waals surface area contributed by atoms with Crippen molar-refractivity contribution in [2.75, 3.05) is 6.61 Å². The minimum atomic E-state index is -0.670. The number of allylic oxidation sites excluding steroid dienone is 1. The summed E-state index contributed by atoms with van der Waals surface area (Å²) in [6.45, 7) is 15.6. The molecule has 0 aromatic carbocycles. The van der Waals surface area contributed by atoms with E-state index >= 15 is 0 Å². The van der Waals surface area contributed by atoms with Crippen LogP contribution in [-0.2, 0) is 4.74 Å². The zero-order chi connectivity index (χ0) is 17.1. The van der Waals surface area contributed by atoms with Crippen molar-refractivity contribution in [3.8, 4) is 0 Å². The Hall–Kier alpha value is -0.380. The largest absolute Gasteiger partial charge is 0.388 e. The molecule has 0 aliphatic heterocycles. The van der Waals surface area contributed by atoms with Gasteiger partial charge >= 0.3 is 0 Å². The first-order chi connectivity index (χ1) is 9.96. The highest BCUT2D eigenvalue weighted by Gasteiger charge is 2.40. The van der Waals surface area contributed by atoms with E-state index in [-0.39, 0.29) is 22.9 Å². The summed E-state index contributed by atoms with van der Waals surface area (Å²) in [6, 6.07) is 0. The van der Waals surface area contributed by atoms with Gasteiger partial charge in [-0.1, -0.05) is 47.6 Å². The Morgan fingerprint density at radius 1 is 1.23 bits per heavy atom. The molecular weight excluding hydrogens is 276 g/mol. The summed E-state index contributed by atoms with van der Waals surface area (Å²) < 4.78 is 5.23. The van der Waals surface area contributed by atoms with Crippen molar-refractivity contribution in [2.45, 2.75) is 80.1 Å². The van der Waals surface area contributed by atoms with Crippen LogP contribution in [0.5, 0.6) is 0 Å². The van der Waals surface area contributed by atoms with E-state index in [1.807, 2.05) is 6.92 Å². The number of aliphatic hydroxyl groups excluding tert-OH is 2. The van der Waals surface area contributed by atoms with Crippen LogP contribution in [0.2, 0.25) is 0 Å². The van der Waals surface area contributed by atoms with Gasteiger partial charge in [0.15, 0.2) is 6.29 Å². The van der Waals surface area contributed by atoms with Crippen LogP contribution in [0, 0.1) is 22.7 Å². The molecule has 2 N–H and O–H groups in total. The van der Waals surface area contributed by atoms with E-state index in [9.17, 15) is 10.2 Å². The molecule has 4 unspecified atom stereocenters. The quantitative estimate of drug-likeness (QED) is 0.592. The first-order valence-electron chi connectivity index (χ1n) is 8.66. The van der Waals surface area contributed by atoms with Crippen molar-refractivity contribution < 1.29 is 14.9 Å². The zero-order valence-corrected chi connectivity index (χ0v) is 15.5. The predicted molar refractivity (Wildman–Crippen MR) is 91.5 cm³/mol. The highest BCUT2D eigenvalue weighted by molar-refractivity contribution is 5.22. The summed E-state index contributed by atoms with van der Waals surface area (Å²) in [4.78, 5) is 0. The average Bonchev–Trinajstić information content (AvgIpc) is 2.35. The van der Waals surface area contributed by atoms with Gasteiger partial charge in [0.25, 0.3) is 0 Å². The van der Waals surface area contributed by atoms with Crippen LogP contribution in [-0.4, -0.2) is 29.2 Å². The van der Waals surface area contributed by atoms with Gasteiger partial charge in [0, 0.05) is 6.61 Å². The molecular formula is C19H36O3. The minimum absolute atomic E-state index is 0.0277. The molecule has 0 fully saturated rings.